The van der Waals surface area contributed by atoms with Crippen molar-refractivity contribution in [3.8, 4) is 5.75 Å². The Labute approximate surface area is 231 Å². The molecule has 1 aromatic heterocycles. The number of halogens is 1. The van der Waals surface area contributed by atoms with Gasteiger partial charge in [-0.05, 0) is 73.6 Å². The molecular formula is C32H38ClN3O2. The zero-order valence-electron chi connectivity index (χ0n) is 22.3. The molecule has 0 saturated heterocycles. The van der Waals surface area contributed by atoms with Crippen molar-refractivity contribution in [1.82, 2.24) is 14.9 Å². The van der Waals surface area contributed by atoms with E-state index in [1.54, 1.807) is 0 Å². The number of rotatable bonds is 15. The van der Waals surface area contributed by atoms with Gasteiger partial charge in [0.1, 0.15) is 11.6 Å². The summed E-state index contributed by atoms with van der Waals surface area (Å²) in [5.74, 6) is 2.10. The van der Waals surface area contributed by atoms with Crippen LogP contribution in [0.4, 0.5) is 0 Å². The molecular weight excluding hydrogens is 494 g/mol. The van der Waals surface area contributed by atoms with Crippen molar-refractivity contribution in [2.45, 2.75) is 64.8 Å². The van der Waals surface area contributed by atoms with Crippen LogP contribution in [0.3, 0.4) is 0 Å². The number of aryl methyl sites for hydroxylation is 3. The Morgan fingerprint density at radius 2 is 1.71 bits per heavy atom. The number of hydrogen-bond acceptors (Lipinski definition) is 3. The standard InChI is InChI=1S/C32H38ClN3O2/c1-2-25-17-19-27(20-18-25)38-23-11-10-22-36-30-15-8-7-14-29(30)35-31(36)16-4-3-9-21-34-32(37)24-26-12-5-6-13-28(26)33/h5-8,12-15,17-20H,2-4,9-11,16,21-24H2,1H3,(H,34,37). The third-order valence-corrected chi connectivity index (χ3v) is 7.19. The number of unbranched alkanes of at least 4 members (excludes halogenated alkanes) is 3. The SMILES string of the molecule is CCc1ccc(OCCCCn2c(CCCCCNC(=O)Cc3ccccc3Cl)nc3ccccc32)cc1. The van der Waals surface area contributed by atoms with Crippen LogP contribution in [0, 0.1) is 0 Å². The lowest BCUT2D eigenvalue weighted by atomic mass is 10.1. The molecule has 38 heavy (non-hydrogen) atoms. The molecule has 0 aliphatic rings. The molecule has 4 aromatic rings. The van der Waals surface area contributed by atoms with E-state index in [1.165, 1.54) is 11.1 Å². The molecule has 0 aliphatic carbocycles. The van der Waals surface area contributed by atoms with Gasteiger partial charge in [0.2, 0.25) is 5.91 Å². The molecule has 4 rings (SSSR count). The van der Waals surface area contributed by atoms with Crippen molar-refractivity contribution >= 4 is 28.5 Å². The van der Waals surface area contributed by atoms with Crippen LogP contribution in [0.15, 0.2) is 72.8 Å². The number of nitrogens with one attached hydrogen (secondary N) is 1. The zero-order chi connectivity index (χ0) is 26.6. The van der Waals surface area contributed by atoms with Crippen molar-refractivity contribution in [1.29, 1.82) is 0 Å². The van der Waals surface area contributed by atoms with Gasteiger partial charge in [0.05, 0.1) is 24.1 Å². The van der Waals surface area contributed by atoms with Gasteiger partial charge in [0.25, 0.3) is 0 Å². The topological polar surface area (TPSA) is 56.1 Å². The first-order valence-corrected chi connectivity index (χ1v) is 14.2. The minimum Gasteiger partial charge on any atom is -0.494 e. The molecule has 0 spiro atoms. The van der Waals surface area contributed by atoms with Crippen LogP contribution in [0.5, 0.6) is 5.75 Å². The van der Waals surface area contributed by atoms with E-state index in [0.717, 1.165) is 80.8 Å². The Morgan fingerprint density at radius 1 is 0.921 bits per heavy atom. The quantitative estimate of drug-likeness (QED) is 0.165. The first-order valence-electron chi connectivity index (χ1n) is 13.8. The van der Waals surface area contributed by atoms with Crippen molar-refractivity contribution in [2.24, 2.45) is 0 Å². The molecule has 1 amide bonds. The maximum atomic E-state index is 12.2. The summed E-state index contributed by atoms with van der Waals surface area (Å²) in [6.07, 6.45) is 7.37. The van der Waals surface area contributed by atoms with Crippen LogP contribution in [0.2, 0.25) is 5.02 Å². The molecule has 1 N–H and O–H groups in total. The third-order valence-electron chi connectivity index (χ3n) is 6.82. The minimum atomic E-state index is 0.0156. The number of carbonyl (C=O) groups excluding carboxylic acids is 1. The maximum absolute atomic E-state index is 12.2. The van der Waals surface area contributed by atoms with Crippen molar-refractivity contribution in [2.75, 3.05) is 13.2 Å². The highest BCUT2D eigenvalue weighted by atomic mass is 35.5. The molecule has 5 nitrogen and oxygen atoms in total. The summed E-state index contributed by atoms with van der Waals surface area (Å²) in [6.45, 7) is 4.50. The Balaban J connectivity index is 1.19. The van der Waals surface area contributed by atoms with E-state index < -0.39 is 0 Å². The predicted octanol–water partition coefficient (Wildman–Crippen LogP) is 7.18. The Kier molecular flexibility index (Phi) is 10.6. The lowest BCUT2D eigenvalue weighted by Gasteiger charge is -2.11. The van der Waals surface area contributed by atoms with E-state index in [9.17, 15) is 4.79 Å². The molecule has 0 saturated carbocycles. The number of carbonyl (C=O) groups is 1. The summed E-state index contributed by atoms with van der Waals surface area (Å²) in [7, 11) is 0. The molecule has 200 valence electrons. The summed E-state index contributed by atoms with van der Waals surface area (Å²) in [4.78, 5) is 17.2. The zero-order valence-corrected chi connectivity index (χ0v) is 23.1. The van der Waals surface area contributed by atoms with Crippen molar-refractivity contribution in [3.63, 3.8) is 0 Å². The number of ether oxygens (including phenoxy) is 1. The van der Waals surface area contributed by atoms with Gasteiger partial charge in [0.15, 0.2) is 0 Å². The van der Waals surface area contributed by atoms with Crippen molar-refractivity contribution in [3.05, 3.63) is 94.8 Å². The van der Waals surface area contributed by atoms with Gasteiger partial charge in [-0.25, -0.2) is 4.98 Å². The summed E-state index contributed by atoms with van der Waals surface area (Å²) >= 11 is 6.16. The van der Waals surface area contributed by atoms with Crippen LogP contribution < -0.4 is 10.1 Å². The number of fused-ring (bicyclic) bond motifs is 1. The molecule has 0 unspecified atom stereocenters. The van der Waals surface area contributed by atoms with Crippen LogP contribution in [0.25, 0.3) is 11.0 Å². The number of hydrogen-bond donors (Lipinski definition) is 1. The average Bonchev–Trinajstić information content (AvgIpc) is 3.29. The fourth-order valence-electron chi connectivity index (χ4n) is 4.64. The highest BCUT2D eigenvalue weighted by Gasteiger charge is 2.10. The second kappa shape index (κ2) is 14.6. The molecule has 0 fully saturated rings. The lowest BCUT2D eigenvalue weighted by Crippen LogP contribution is -2.26. The van der Waals surface area contributed by atoms with Gasteiger partial charge < -0.3 is 14.6 Å². The second-order valence-electron chi connectivity index (χ2n) is 9.65. The number of benzene rings is 3. The van der Waals surface area contributed by atoms with Gasteiger partial charge in [-0.15, -0.1) is 0 Å². The second-order valence-corrected chi connectivity index (χ2v) is 10.1. The summed E-state index contributed by atoms with van der Waals surface area (Å²) in [6, 6.07) is 24.3. The monoisotopic (exact) mass is 531 g/mol. The van der Waals surface area contributed by atoms with Crippen LogP contribution in [-0.2, 0) is 30.6 Å². The number of para-hydroxylation sites is 2. The van der Waals surface area contributed by atoms with Gasteiger partial charge in [-0.2, -0.15) is 0 Å². The smallest absolute Gasteiger partial charge is 0.224 e. The maximum Gasteiger partial charge on any atom is 0.224 e. The van der Waals surface area contributed by atoms with Crippen LogP contribution in [0.1, 0.15) is 56.0 Å². The van der Waals surface area contributed by atoms with E-state index in [0.29, 0.717) is 18.0 Å². The van der Waals surface area contributed by atoms with Crippen molar-refractivity contribution < 1.29 is 9.53 Å². The van der Waals surface area contributed by atoms with Crippen LogP contribution in [-0.4, -0.2) is 28.6 Å². The van der Waals surface area contributed by atoms with Gasteiger partial charge in [-0.1, -0.05) is 67.4 Å². The minimum absolute atomic E-state index is 0.0156. The Morgan fingerprint density at radius 3 is 2.53 bits per heavy atom. The summed E-state index contributed by atoms with van der Waals surface area (Å²) in [5, 5.41) is 3.66. The molecule has 0 aliphatic heterocycles. The average molecular weight is 532 g/mol. The Hall–Kier alpha value is -3.31. The first-order chi connectivity index (χ1) is 18.6. The van der Waals surface area contributed by atoms with Gasteiger partial charge >= 0.3 is 0 Å². The van der Waals surface area contributed by atoms with Gasteiger partial charge in [-0.3, -0.25) is 4.79 Å². The van der Waals surface area contributed by atoms with Gasteiger partial charge in [0, 0.05) is 24.5 Å². The predicted molar refractivity (Wildman–Crippen MR) is 156 cm³/mol. The molecule has 1 heterocycles. The Bertz CT molecular complexity index is 1300. The molecule has 0 bridgehead atoms. The molecule has 6 heteroatoms. The fourth-order valence-corrected chi connectivity index (χ4v) is 4.84. The molecule has 3 aromatic carbocycles. The number of amides is 1. The van der Waals surface area contributed by atoms with E-state index in [4.69, 9.17) is 21.3 Å². The van der Waals surface area contributed by atoms with E-state index in [-0.39, 0.29) is 5.91 Å². The summed E-state index contributed by atoms with van der Waals surface area (Å²) < 4.78 is 8.31. The first kappa shape index (κ1) is 27.7. The van der Waals surface area contributed by atoms with Crippen LogP contribution >= 0.6 is 11.6 Å². The number of nitrogens with zero attached hydrogens (tertiary/aromatic N) is 2. The van der Waals surface area contributed by atoms with E-state index in [2.05, 4.69) is 59.3 Å². The molecule has 0 radical (unpaired) electrons. The lowest BCUT2D eigenvalue weighted by molar-refractivity contribution is -0.120. The fraction of sp³-hybridized carbons (Fsp3) is 0.375. The van der Waals surface area contributed by atoms with E-state index in [1.807, 2.05) is 30.3 Å². The highest BCUT2D eigenvalue weighted by molar-refractivity contribution is 6.31. The summed E-state index contributed by atoms with van der Waals surface area (Å²) in [5.41, 5.74) is 4.45. The number of aromatic nitrogens is 2. The largest absolute Gasteiger partial charge is 0.494 e. The molecule has 0 atom stereocenters. The highest BCUT2D eigenvalue weighted by Crippen LogP contribution is 2.20. The van der Waals surface area contributed by atoms with E-state index >= 15 is 0 Å². The number of imidazole rings is 1. The normalized spacial score (nSPS) is 11.1. The third kappa shape index (κ3) is 8.09.